The summed E-state index contributed by atoms with van der Waals surface area (Å²) < 4.78 is 111. The molecule has 14 heteroatoms. The smallest absolute Gasteiger partial charge is 0.419 e. The maximum atomic E-state index is 14.0. The Hall–Kier alpha value is -3.75. The summed E-state index contributed by atoms with van der Waals surface area (Å²) >= 11 is 0. The van der Waals surface area contributed by atoms with Crippen LogP contribution in [0.25, 0.3) is 6.08 Å². The van der Waals surface area contributed by atoms with Gasteiger partial charge in [0.1, 0.15) is 17.1 Å². The third-order valence-electron chi connectivity index (χ3n) is 8.98. The maximum Gasteiger partial charge on any atom is 0.419 e. The molecule has 3 aliphatic heterocycles. The molecular formula is C33H39F3N4O6S. The zero-order valence-corrected chi connectivity index (χ0v) is 26.9. The van der Waals surface area contributed by atoms with Crippen LogP contribution in [0.3, 0.4) is 0 Å². The van der Waals surface area contributed by atoms with Crippen LogP contribution in [0.4, 0.5) is 13.2 Å². The highest BCUT2D eigenvalue weighted by Crippen LogP contribution is 2.38. The van der Waals surface area contributed by atoms with Crippen LogP contribution in [0.2, 0.25) is 0 Å². The van der Waals surface area contributed by atoms with Crippen LogP contribution >= 0.6 is 0 Å². The number of nitrogens with zero attached hydrogens (tertiary/aromatic N) is 3. The monoisotopic (exact) mass is 681 g/mol. The van der Waals surface area contributed by atoms with Crippen LogP contribution in [0.1, 0.15) is 84.5 Å². The number of alkyl halides is 3. The third-order valence-corrected chi connectivity index (χ3v) is 10.5. The topological polar surface area (TPSA) is 129 Å². The number of halogens is 3. The first kappa shape index (κ1) is 28.3. The molecule has 0 aliphatic carbocycles. The number of piperidine rings is 2. The van der Waals surface area contributed by atoms with Gasteiger partial charge in [0.05, 0.1) is 20.5 Å². The normalized spacial score (nSPS) is 22.2. The molecule has 1 spiro atoms. The number of carbonyl (C=O) groups is 2. The number of sulfonamides is 1. The Balaban J connectivity index is 1.29. The number of hydrogen-bond donors (Lipinski definition) is 2. The Morgan fingerprint density at radius 2 is 1.77 bits per heavy atom. The van der Waals surface area contributed by atoms with E-state index in [1.165, 1.54) is 10.4 Å². The molecule has 2 amide bonds. The number of benzene rings is 2. The number of aliphatic imine (C=N–C) groups is 1. The van der Waals surface area contributed by atoms with Crippen LogP contribution in [0, 0.1) is 13.8 Å². The van der Waals surface area contributed by atoms with Crippen molar-refractivity contribution in [2.24, 2.45) is 4.99 Å². The first-order chi connectivity index (χ1) is 23.8. The van der Waals surface area contributed by atoms with Gasteiger partial charge in [-0.15, -0.1) is 0 Å². The number of amidine groups is 1. The summed E-state index contributed by atoms with van der Waals surface area (Å²) in [7, 11) is -3.99. The highest BCUT2D eigenvalue weighted by Gasteiger charge is 2.47. The number of ether oxygens (including phenoxy) is 1. The average Bonchev–Trinajstić information content (AvgIpc) is 3.34. The molecule has 2 aromatic carbocycles. The van der Waals surface area contributed by atoms with Crippen molar-refractivity contribution in [1.82, 2.24) is 14.5 Å². The minimum atomic E-state index is -5.09. The number of nitrogens with one attached hydrogen (secondary N) is 1. The van der Waals surface area contributed by atoms with Gasteiger partial charge in [-0.25, -0.2) is 8.42 Å². The van der Waals surface area contributed by atoms with Gasteiger partial charge in [0.2, 0.25) is 10.0 Å². The second kappa shape index (κ2) is 12.7. The van der Waals surface area contributed by atoms with E-state index in [1.807, 2.05) is 0 Å². The molecule has 2 fully saturated rings. The lowest BCUT2D eigenvalue weighted by atomic mass is 9.89. The Kier molecular flexibility index (Phi) is 7.64. The molecule has 10 nitrogen and oxygen atoms in total. The van der Waals surface area contributed by atoms with E-state index in [9.17, 15) is 36.3 Å². The molecule has 0 aromatic heterocycles. The second-order valence-electron chi connectivity index (χ2n) is 12.4. The van der Waals surface area contributed by atoms with Crippen LogP contribution in [-0.4, -0.2) is 84.3 Å². The van der Waals surface area contributed by atoms with E-state index in [1.54, 1.807) is 37.8 Å². The van der Waals surface area contributed by atoms with Gasteiger partial charge in [-0.1, -0.05) is 0 Å². The van der Waals surface area contributed by atoms with Crippen molar-refractivity contribution in [3.8, 4) is 5.75 Å². The van der Waals surface area contributed by atoms with Crippen molar-refractivity contribution in [2.75, 3.05) is 32.7 Å². The Morgan fingerprint density at radius 3 is 2.36 bits per heavy atom. The largest absolute Gasteiger partial charge is 0.493 e. The molecule has 0 saturated carbocycles. The fraction of sp³-hybridized carbons (Fsp3) is 0.485. The average molecular weight is 682 g/mol. The molecular weight excluding hydrogens is 637 g/mol. The van der Waals surface area contributed by atoms with Crippen molar-refractivity contribution >= 4 is 33.7 Å². The minimum absolute atomic E-state index is 0.0672. The number of amides is 2. The van der Waals surface area contributed by atoms with Crippen molar-refractivity contribution in [3.05, 3.63) is 69.1 Å². The first-order valence-electron chi connectivity index (χ1n) is 17.5. The van der Waals surface area contributed by atoms with E-state index in [0.717, 1.165) is 17.5 Å². The fourth-order valence-corrected chi connectivity index (χ4v) is 7.29. The minimum Gasteiger partial charge on any atom is -0.493 e. The van der Waals surface area contributed by atoms with Gasteiger partial charge in [0.25, 0.3) is 11.8 Å². The van der Waals surface area contributed by atoms with Crippen LogP contribution < -0.4 is 10.1 Å². The molecule has 2 aromatic rings. The molecule has 5 rings (SSSR count). The number of carbonyl (C=O) groups excluding carboxylic acids is 2. The number of aliphatic hydroxyl groups is 1. The Bertz CT molecular complexity index is 1910. The highest BCUT2D eigenvalue weighted by atomic mass is 32.2. The van der Waals surface area contributed by atoms with E-state index in [0.29, 0.717) is 54.3 Å². The van der Waals surface area contributed by atoms with E-state index < -0.39 is 58.0 Å². The molecule has 2 saturated heterocycles. The SMILES string of the molecule is [2H]C([2H])([2H])C([2H])([2H])Oc1ccc(C2=NC3(CCN(S(=O)(=O)/C=C/c4c(C)cc(C(=O)N5CCC(C)(O)CC5)cc4C)CC3)C(=O)N2)cc1C(F)(F)F. The van der Waals surface area contributed by atoms with Gasteiger partial charge < -0.3 is 20.1 Å². The lowest BCUT2D eigenvalue weighted by Crippen LogP contribution is -2.50. The van der Waals surface area contributed by atoms with E-state index in [-0.39, 0.29) is 43.2 Å². The van der Waals surface area contributed by atoms with Gasteiger partial charge >= 0.3 is 6.18 Å². The van der Waals surface area contributed by atoms with E-state index >= 15 is 0 Å². The zero-order valence-electron chi connectivity index (χ0n) is 31.1. The molecule has 3 heterocycles. The summed E-state index contributed by atoms with van der Waals surface area (Å²) in [5.41, 5.74) is -1.48. The van der Waals surface area contributed by atoms with E-state index in [4.69, 9.17) is 6.85 Å². The van der Waals surface area contributed by atoms with Gasteiger partial charge in [0, 0.05) is 46.8 Å². The number of rotatable bonds is 7. The predicted molar refractivity (Wildman–Crippen MR) is 170 cm³/mol. The van der Waals surface area contributed by atoms with Crippen molar-refractivity contribution in [3.63, 3.8) is 0 Å². The Labute approximate surface area is 279 Å². The van der Waals surface area contributed by atoms with Gasteiger partial charge in [0.15, 0.2) is 0 Å². The van der Waals surface area contributed by atoms with Crippen LogP contribution in [-0.2, 0) is 21.0 Å². The molecule has 0 bridgehead atoms. The van der Waals surface area contributed by atoms with Gasteiger partial charge in [-0.05, 0) is 106 Å². The standard InChI is InChI=1S/C33H39F3N4O6S/c1-5-46-27-7-6-23(20-26(27)33(34,35)36)28-37-30(42)32(38-28)11-15-40(16-12-32)47(44,45)17-8-25-21(2)18-24(19-22(25)3)29(41)39-13-9-31(4,43)10-14-39/h6-8,17-20,43H,5,9-16H2,1-4H3,(H,37,38,42)/b17-8+/i1D3,5D2. The number of hydrogen-bond acceptors (Lipinski definition) is 7. The molecule has 47 heavy (non-hydrogen) atoms. The molecule has 0 atom stereocenters. The number of likely N-dealkylation sites (tertiary alicyclic amines) is 1. The summed E-state index contributed by atoms with van der Waals surface area (Å²) in [4.78, 5) is 32.3. The first-order valence-corrected chi connectivity index (χ1v) is 16.5. The molecule has 254 valence electrons. The molecule has 2 N–H and O–H groups in total. The number of aryl methyl sites for hydroxylation is 2. The summed E-state index contributed by atoms with van der Waals surface area (Å²) in [6.45, 7) is -0.915. The molecule has 3 aliphatic rings. The zero-order chi connectivity index (χ0) is 38.7. The second-order valence-corrected chi connectivity index (χ2v) is 14.2. The van der Waals surface area contributed by atoms with Crippen molar-refractivity contribution in [2.45, 2.75) is 70.6 Å². The fourth-order valence-electron chi connectivity index (χ4n) is 6.12. The summed E-state index contributed by atoms with van der Waals surface area (Å²) in [5, 5.41) is 13.7. The van der Waals surface area contributed by atoms with Gasteiger partial charge in [-0.2, -0.15) is 17.5 Å². The van der Waals surface area contributed by atoms with Crippen LogP contribution in [0.5, 0.6) is 5.75 Å². The quantitative estimate of drug-likeness (QED) is 0.446. The van der Waals surface area contributed by atoms with E-state index in [2.05, 4.69) is 15.0 Å². The van der Waals surface area contributed by atoms with Gasteiger partial charge in [-0.3, -0.25) is 14.6 Å². The highest BCUT2D eigenvalue weighted by molar-refractivity contribution is 7.92. The predicted octanol–water partition coefficient (Wildman–Crippen LogP) is 4.42. The van der Waals surface area contributed by atoms with Crippen LogP contribution in [0.15, 0.2) is 40.7 Å². The lowest BCUT2D eigenvalue weighted by molar-refractivity contribution is -0.139. The summed E-state index contributed by atoms with van der Waals surface area (Å²) in [6, 6.07) is 5.79. The maximum absolute atomic E-state index is 14.0. The van der Waals surface area contributed by atoms with Crippen molar-refractivity contribution in [1.29, 1.82) is 0 Å². The third kappa shape index (κ3) is 7.24. The summed E-state index contributed by atoms with van der Waals surface area (Å²) in [5.74, 6) is -2.07. The molecule has 0 radical (unpaired) electrons. The molecule has 0 unspecified atom stereocenters. The lowest BCUT2D eigenvalue weighted by Gasteiger charge is -2.36. The summed E-state index contributed by atoms with van der Waals surface area (Å²) in [6.07, 6.45) is -2.83. The Morgan fingerprint density at radius 1 is 1.13 bits per heavy atom. The van der Waals surface area contributed by atoms with Crippen molar-refractivity contribution < 1.29 is 47.9 Å².